The third kappa shape index (κ3) is 4.17. The lowest BCUT2D eigenvalue weighted by molar-refractivity contribution is -0.126. The molecule has 0 spiro atoms. The van der Waals surface area contributed by atoms with Gasteiger partial charge in [0.2, 0.25) is 11.8 Å². The molecule has 2 amide bonds. The van der Waals surface area contributed by atoms with Crippen LogP contribution in [0, 0.1) is 5.92 Å². The van der Waals surface area contributed by atoms with Crippen molar-refractivity contribution in [3.05, 3.63) is 59.1 Å². The Balaban J connectivity index is 1.54. The van der Waals surface area contributed by atoms with E-state index in [2.05, 4.69) is 5.32 Å². The molecule has 136 valence electrons. The molecule has 1 N–H and O–H groups in total. The molecule has 1 fully saturated rings. The van der Waals surface area contributed by atoms with Crippen molar-refractivity contribution >= 4 is 29.1 Å². The molecular weight excluding hydrogens is 352 g/mol. The lowest BCUT2D eigenvalue weighted by atomic mass is 10.1. The highest BCUT2D eigenvalue weighted by Gasteiger charge is 2.34. The number of anilines is 1. The van der Waals surface area contributed by atoms with Crippen LogP contribution < -0.4 is 15.0 Å². The number of benzene rings is 2. The van der Waals surface area contributed by atoms with Crippen molar-refractivity contribution in [2.24, 2.45) is 5.92 Å². The van der Waals surface area contributed by atoms with Crippen LogP contribution in [0.3, 0.4) is 0 Å². The summed E-state index contributed by atoms with van der Waals surface area (Å²) in [6.07, 6.45) is 0.903. The van der Waals surface area contributed by atoms with Crippen molar-refractivity contribution in [2.45, 2.75) is 12.8 Å². The minimum Gasteiger partial charge on any atom is -0.496 e. The molecule has 6 heteroatoms. The number of rotatable bonds is 6. The summed E-state index contributed by atoms with van der Waals surface area (Å²) in [5.74, 6) is 0.337. The van der Waals surface area contributed by atoms with Crippen LogP contribution in [0.5, 0.6) is 5.75 Å². The van der Waals surface area contributed by atoms with E-state index in [-0.39, 0.29) is 24.2 Å². The number of hydrogen-bond donors (Lipinski definition) is 1. The topological polar surface area (TPSA) is 58.6 Å². The Labute approximate surface area is 157 Å². The number of para-hydroxylation sites is 1. The number of halogens is 1. The highest BCUT2D eigenvalue weighted by atomic mass is 35.5. The second-order valence-corrected chi connectivity index (χ2v) is 6.67. The predicted molar refractivity (Wildman–Crippen MR) is 102 cm³/mol. The zero-order valence-electron chi connectivity index (χ0n) is 14.6. The van der Waals surface area contributed by atoms with Crippen molar-refractivity contribution in [3.8, 4) is 5.75 Å². The van der Waals surface area contributed by atoms with Crippen LogP contribution in [0.15, 0.2) is 48.5 Å². The first-order valence-corrected chi connectivity index (χ1v) is 8.92. The fourth-order valence-electron chi connectivity index (χ4n) is 3.13. The van der Waals surface area contributed by atoms with Crippen molar-refractivity contribution in [1.29, 1.82) is 0 Å². The first-order valence-electron chi connectivity index (χ1n) is 8.54. The van der Waals surface area contributed by atoms with Gasteiger partial charge in [-0.05, 0) is 42.3 Å². The summed E-state index contributed by atoms with van der Waals surface area (Å²) >= 11 is 5.89. The number of nitrogens with one attached hydrogen (secondary N) is 1. The van der Waals surface area contributed by atoms with Crippen molar-refractivity contribution < 1.29 is 14.3 Å². The molecule has 2 aromatic rings. The molecule has 26 heavy (non-hydrogen) atoms. The fourth-order valence-corrected chi connectivity index (χ4v) is 3.25. The van der Waals surface area contributed by atoms with Gasteiger partial charge in [-0.1, -0.05) is 29.8 Å². The largest absolute Gasteiger partial charge is 0.496 e. The van der Waals surface area contributed by atoms with E-state index < -0.39 is 0 Å². The highest BCUT2D eigenvalue weighted by molar-refractivity contribution is 6.30. The Hall–Kier alpha value is -2.53. The minimum absolute atomic E-state index is 0.0443. The van der Waals surface area contributed by atoms with Gasteiger partial charge in [-0.2, -0.15) is 0 Å². The number of nitrogens with zero attached hydrogens (tertiary/aromatic N) is 1. The van der Waals surface area contributed by atoms with E-state index >= 15 is 0 Å². The van der Waals surface area contributed by atoms with Crippen LogP contribution in [0.1, 0.15) is 12.0 Å². The molecule has 1 saturated heterocycles. The van der Waals surface area contributed by atoms with E-state index in [4.69, 9.17) is 16.3 Å². The quantitative estimate of drug-likeness (QED) is 0.847. The van der Waals surface area contributed by atoms with Gasteiger partial charge in [-0.25, -0.2) is 0 Å². The normalized spacial score (nSPS) is 16.6. The molecule has 0 radical (unpaired) electrons. The molecule has 2 aromatic carbocycles. The van der Waals surface area contributed by atoms with E-state index in [1.165, 1.54) is 0 Å². The first kappa shape index (κ1) is 18.3. The van der Waals surface area contributed by atoms with Crippen LogP contribution in [-0.2, 0) is 16.0 Å². The monoisotopic (exact) mass is 372 g/mol. The van der Waals surface area contributed by atoms with Crippen molar-refractivity contribution in [1.82, 2.24) is 5.32 Å². The summed E-state index contributed by atoms with van der Waals surface area (Å²) < 4.78 is 5.31. The second kappa shape index (κ2) is 8.23. The molecule has 1 aliphatic heterocycles. The average molecular weight is 373 g/mol. The molecule has 0 bridgehead atoms. The molecule has 0 saturated carbocycles. The van der Waals surface area contributed by atoms with E-state index in [1.807, 2.05) is 24.3 Å². The molecule has 1 unspecified atom stereocenters. The summed E-state index contributed by atoms with van der Waals surface area (Å²) in [5.41, 5.74) is 1.81. The lowest BCUT2D eigenvalue weighted by Gasteiger charge is -2.17. The number of carbonyl (C=O) groups is 2. The Morgan fingerprint density at radius 2 is 1.96 bits per heavy atom. The summed E-state index contributed by atoms with van der Waals surface area (Å²) in [4.78, 5) is 26.3. The average Bonchev–Trinajstić information content (AvgIpc) is 3.04. The maximum atomic E-state index is 12.4. The number of amides is 2. The smallest absolute Gasteiger partial charge is 0.227 e. The van der Waals surface area contributed by atoms with E-state index in [1.54, 1.807) is 36.3 Å². The molecule has 0 aliphatic carbocycles. The van der Waals surface area contributed by atoms with E-state index in [0.717, 1.165) is 17.0 Å². The Morgan fingerprint density at radius 3 is 2.69 bits per heavy atom. The zero-order valence-corrected chi connectivity index (χ0v) is 15.3. The number of methoxy groups -OCH3 is 1. The van der Waals surface area contributed by atoms with Crippen LogP contribution in [-0.4, -0.2) is 32.0 Å². The third-order valence-corrected chi connectivity index (χ3v) is 4.77. The highest BCUT2D eigenvalue weighted by Crippen LogP contribution is 2.26. The van der Waals surface area contributed by atoms with E-state index in [0.29, 0.717) is 24.5 Å². The summed E-state index contributed by atoms with van der Waals surface area (Å²) in [6, 6.07) is 14.8. The van der Waals surface area contributed by atoms with Gasteiger partial charge >= 0.3 is 0 Å². The Bertz CT molecular complexity index is 792. The molecule has 3 rings (SSSR count). The first-order chi connectivity index (χ1) is 12.6. The van der Waals surface area contributed by atoms with Gasteiger partial charge in [-0.3, -0.25) is 9.59 Å². The molecule has 0 aromatic heterocycles. The maximum Gasteiger partial charge on any atom is 0.227 e. The molecular formula is C20H21ClN2O3. The van der Waals surface area contributed by atoms with Crippen molar-refractivity contribution in [2.75, 3.05) is 25.1 Å². The van der Waals surface area contributed by atoms with Gasteiger partial charge in [0, 0.05) is 30.2 Å². The van der Waals surface area contributed by atoms with Crippen LogP contribution in [0.4, 0.5) is 5.69 Å². The van der Waals surface area contributed by atoms with Crippen LogP contribution in [0.2, 0.25) is 5.02 Å². The minimum atomic E-state index is -0.337. The van der Waals surface area contributed by atoms with Crippen LogP contribution >= 0.6 is 11.6 Å². The number of ether oxygens (including phenoxy) is 1. The van der Waals surface area contributed by atoms with Crippen molar-refractivity contribution in [3.63, 3.8) is 0 Å². The second-order valence-electron chi connectivity index (χ2n) is 6.23. The van der Waals surface area contributed by atoms with Crippen LogP contribution in [0.25, 0.3) is 0 Å². The fraction of sp³-hybridized carbons (Fsp3) is 0.300. The molecule has 1 heterocycles. The standard InChI is InChI=1S/C20H21ClN2O3/c1-26-18-5-3-2-4-14(18)10-11-22-20(25)15-12-19(24)23(13-15)17-8-6-16(21)7-9-17/h2-9,15H,10-13H2,1H3,(H,22,25). The van der Waals surface area contributed by atoms with Gasteiger partial charge in [0.05, 0.1) is 13.0 Å². The number of hydrogen-bond acceptors (Lipinski definition) is 3. The van der Waals surface area contributed by atoms with E-state index in [9.17, 15) is 9.59 Å². The predicted octanol–water partition coefficient (Wildman–Crippen LogP) is 3.06. The Morgan fingerprint density at radius 1 is 1.23 bits per heavy atom. The molecule has 1 atom stereocenters. The summed E-state index contributed by atoms with van der Waals surface area (Å²) in [7, 11) is 1.63. The van der Waals surface area contributed by atoms with Gasteiger partial charge < -0.3 is 15.0 Å². The SMILES string of the molecule is COc1ccccc1CCNC(=O)C1CC(=O)N(c2ccc(Cl)cc2)C1. The summed E-state index contributed by atoms with van der Waals surface area (Å²) in [5, 5.41) is 3.55. The third-order valence-electron chi connectivity index (χ3n) is 4.52. The summed E-state index contributed by atoms with van der Waals surface area (Å²) in [6.45, 7) is 0.895. The van der Waals surface area contributed by atoms with Gasteiger partial charge in [0.1, 0.15) is 5.75 Å². The van der Waals surface area contributed by atoms with Gasteiger partial charge in [0.25, 0.3) is 0 Å². The number of carbonyl (C=O) groups excluding carboxylic acids is 2. The van der Waals surface area contributed by atoms with Gasteiger partial charge in [0.15, 0.2) is 0 Å². The van der Waals surface area contributed by atoms with Gasteiger partial charge in [-0.15, -0.1) is 0 Å². The zero-order chi connectivity index (χ0) is 18.5. The maximum absolute atomic E-state index is 12.4. The Kier molecular flexibility index (Phi) is 5.78. The lowest BCUT2D eigenvalue weighted by Crippen LogP contribution is -2.34. The molecule has 5 nitrogen and oxygen atoms in total. The molecule has 1 aliphatic rings.